The van der Waals surface area contributed by atoms with E-state index in [-0.39, 0.29) is 12.5 Å². The number of unbranched alkanes of at least 4 members (excludes halogenated alkanes) is 39. The Kier molecular flexibility index (Phi) is 56.5. The van der Waals surface area contributed by atoms with Gasteiger partial charge in [-0.25, -0.2) is 0 Å². The Morgan fingerprint density at radius 1 is 0.438 bits per heavy atom. The van der Waals surface area contributed by atoms with E-state index in [1.165, 1.54) is 231 Å². The van der Waals surface area contributed by atoms with Gasteiger partial charge in [0.25, 0.3) is 0 Å². The first kappa shape index (κ1) is 75.6. The van der Waals surface area contributed by atoms with E-state index in [1.807, 2.05) is 6.08 Å². The van der Waals surface area contributed by atoms with Crippen molar-refractivity contribution in [3.8, 4) is 0 Å². The fourth-order valence-corrected chi connectivity index (χ4v) is 10.7. The average molecular weight is 1120 g/mol. The smallest absolute Gasteiger partial charge is 0.220 e. The van der Waals surface area contributed by atoms with Gasteiger partial charge < -0.3 is 40.3 Å². The molecule has 1 heterocycles. The van der Waals surface area contributed by atoms with Gasteiger partial charge in [0.15, 0.2) is 6.29 Å². The highest BCUT2D eigenvalue weighted by atomic mass is 16.7. The van der Waals surface area contributed by atoms with Gasteiger partial charge in [-0.05, 0) is 70.6 Å². The number of allylic oxidation sites excluding steroid dienone is 11. The summed E-state index contributed by atoms with van der Waals surface area (Å²) in [4.78, 5) is 13.1. The molecule has 9 nitrogen and oxygen atoms in total. The van der Waals surface area contributed by atoms with E-state index in [1.54, 1.807) is 6.08 Å². The SMILES string of the molecule is CC/C=C\C/C=C\C/C=C\C/C=C\CCCCCCCCCCCCCCCCCCC(=O)NC(COC1OC(CO)C(O)C(O)C1O)C(O)/C=C/CC/C=C/CCCCCCCCCCCCCCCCCCCCCCCC. The van der Waals surface area contributed by atoms with Crippen LogP contribution in [0.25, 0.3) is 0 Å². The third-order valence-electron chi connectivity index (χ3n) is 16.0. The molecule has 0 saturated carbocycles. The predicted molar refractivity (Wildman–Crippen MR) is 341 cm³/mol. The quantitative estimate of drug-likeness (QED) is 0.0261. The molecule has 1 aliphatic rings. The van der Waals surface area contributed by atoms with Gasteiger partial charge in [0.05, 0.1) is 25.4 Å². The zero-order valence-corrected chi connectivity index (χ0v) is 52.1. The van der Waals surface area contributed by atoms with Crippen LogP contribution >= 0.6 is 0 Å². The fraction of sp³-hybridized carbons (Fsp3) is 0.817. The lowest BCUT2D eigenvalue weighted by Crippen LogP contribution is -2.60. The summed E-state index contributed by atoms with van der Waals surface area (Å²) in [6.07, 6.45) is 77.2. The third kappa shape index (κ3) is 48.0. The summed E-state index contributed by atoms with van der Waals surface area (Å²) in [6, 6.07) is -0.826. The zero-order valence-electron chi connectivity index (χ0n) is 52.1. The molecule has 0 aromatic rings. The van der Waals surface area contributed by atoms with Gasteiger partial charge in [-0.15, -0.1) is 0 Å². The highest BCUT2D eigenvalue weighted by molar-refractivity contribution is 5.76. The number of nitrogens with one attached hydrogen (secondary N) is 1. The molecule has 0 aromatic carbocycles. The van der Waals surface area contributed by atoms with E-state index >= 15 is 0 Å². The van der Waals surface area contributed by atoms with Gasteiger partial charge in [-0.1, -0.05) is 311 Å². The molecule has 9 heteroatoms. The van der Waals surface area contributed by atoms with Crippen LogP contribution in [0.2, 0.25) is 0 Å². The Morgan fingerprint density at radius 3 is 1.20 bits per heavy atom. The molecule has 7 atom stereocenters. The monoisotopic (exact) mass is 1120 g/mol. The molecule has 1 aliphatic heterocycles. The Morgan fingerprint density at radius 2 is 0.787 bits per heavy atom. The molecule has 1 fully saturated rings. The normalized spacial score (nSPS) is 18.9. The average Bonchev–Trinajstić information content (AvgIpc) is 3.46. The van der Waals surface area contributed by atoms with Crippen LogP contribution in [0.1, 0.15) is 316 Å². The van der Waals surface area contributed by atoms with Crippen LogP contribution in [0, 0.1) is 0 Å². The second-order valence-corrected chi connectivity index (χ2v) is 23.6. The summed E-state index contributed by atoms with van der Waals surface area (Å²) < 4.78 is 11.3. The number of ether oxygens (including phenoxy) is 2. The summed E-state index contributed by atoms with van der Waals surface area (Å²) in [7, 11) is 0. The first-order valence-corrected chi connectivity index (χ1v) is 34.2. The molecular formula is C71H129NO8. The van der Waals surface area contributed by atoms with E-state index in [2.05, 4.69) is 79.9 Å². The number of carbonyl (C=O) groups is 1. The van der Waals surface area contributed by atoms with Gasteiger partial charge in [-0.2, -0.15) is 0 Å². The molecule has 466 valence electrons. The molecule has 6 N–H and O–H groups in total. The Hall–Kier alpha value is -2.37. The van der Waals surface area contributed by atoms with Crippen molar-refractivity contribution in [1.82, 2.24) is 5.32 Å². The zero-order chi connectivity index (χ0) is 57.9. The highest BCUT2D eigenvalue weighted by Gasteiger charge is 2.44. The number of amides is 1. The van der Waals surface area contributed by atoms with Crippen molar-refractivity contribution in [2.45, 2.75) is 358 Å². The van der Waals surface area contributed by atoms with Gasteiger partial charge >= 0.3 is 0 Å². The lowest BCUT2D eigenvalue weighted by molar-refractivity contribution is -0.302. The number of aliphatic hydroxyl groups is 5. The summed E-state index contributed by atoms with van der Waals surface area (Å²) in [5.74, 6) is -0.184. The Labute approximate surface area is 493 Å². The van der Waals surface area contributed by atoms with Crippen molar-refractivity contribution >= 4 is 5.91 Å². The molecule has 1 saturated heterocycles. The molecule has 0 aliphatic carbocycles. The number of aliphatic hydroxyl groups excluding tert-OH is 5. The molecule has 0 radical (unpaired) electrons. The number of hydrogen-bond donors (Lipinski definition) is 6. The molecule has 0 spiro atoms. The van der Waals surface area contributed by atoms with Crippen LogP contribution in [-0.4, -0.2) is 87.5 Å². The maximum absolute atomic E-state index is 13.1. The minimum atomic E-state index is -1.58. The van der Waals surface area contributed by atoms with Gasteiger partial charge in [0.1, 0.15) is 24.4 Å². The van der Waals surface area contributed by atoms with Crippen LogP contribution in [0.4, 0.5) is 0 Å². The van der Waals surface area contributed by atoms with E-state index in [0.29, 0.717) is 6.42 Å². The lowest BCUT2D eigenvalue weighted by Gasteiger charge is -2.40. The van der Waals surface area contributed by atoms with Crippen molar-refractivity contribution in [2.24, 2.45) is 0 Å². The minimum absolute atomic E-state index is 0.184. The summed E-state index contributed by atoms with van der Waals surface area (Å²) >= 11 is 0. The molecule has 0 aromatic heterocycles. The second-order valence-electron chi connectivity index (χ2n) is 23.6. The second kappa shape index (κ2) is 59.8. The topological polar surface area (TPSA) is 149 Å². The molecule has 1 amide bonds. The summed E-state index contributed by atoms with van der Waals surface area (Å²) in [5, 5.41) is 54.7. The van der Waals surface area contributed by atoms with E-state index in [0.717, 1.165) is 64.2 Å². The summed E-state index contributed by atoms with van der Waals surface area (Å²) in [5.41, 5.74) is 0. The maximum atomic E-state index is 13.1. The van der Waals surface area contributed by atoms with Crippen molar-refractivity contribution in [3.05, 3.63) is 72.9 Å². The number of hydrogen-bond acceptors (Lipinski definition) is 8. The maximum Gasteiger partial charge on any atom is 0.220 e. The Balaban J connectivity index is 2.16. The van der Waals surface area contributed by atoms with Crippen molar-refractivity contribution in [2.75, 3.05) is 13.2 Å². The van der Waals surface area contributed by atoms with Crippen LogP contribution in [0.3, 0.4) is 0 Å². The minimum Gasteiger partial charge on any atom is -0.394 e. The molecule has 1 rings (SSSR count). The van der Waals surface area contributed by atoms with Crippen molar-refractivity contribution in [1.29, 1.82) is 0 Å². The highest BCUT2D eigenvalue weighted by Crippen LogP contribution is 2.23. The van der Waals surface area contributed by atoms with Crippen molar-refractivity contribution in [3.63, 3.8) is 0 Å². The van der Waals surface area contributed by atoms with Crippen LogP contribution in [0.5, 0.6) is 0 Å². The number of carbonyl (C=O) groups excluding carboxylic acids is 1. The standard InChI is InChI=1S/C71H129NO8/c1-3-5-7-9-11-13-15-17-19-21-23-25-27-29-31-33-35-37-39-41-43-45-47-49-51-53-55-57-59-61-67(75)72-64(63-79-71-70(78)69(77)68(76)66(62-73)80-71)65(74)60-58-56-54-52-50-48-46-44-42-40-38-36-34-32-30-28-26-24-22-20-18-16-14-12-10-8-6-4-2/h5,7,11,13,17,19,23,25,50,52,58,60,64-66,68-71,73-74,76-78H,3-4,6,8-10,12,14-16,18,20-22,24,26-49,51,53-57,59,61-63H2,1-2H3,(H,72,75)/b7-5-,13-11-,19-17-,25-23-,52-50+,60-58+. The molecule has 0 bridgehead atoms. The Bertz CT molecular complexity index is 1490. The fourth-order valence-electron chi connectivity index (χ4n) is 10.7. The van der Waals surface area contributed by atoms with Crippen molar-refractivity contribution < 1.29 is 39.8 Å². The van der Waals surface area contributed by atoms with Gasteiger partial charge in [0, 0.05) is 6.42 Å². The van der Waals surface area contributed by atoms with Crippen LogP contribution in [0.15, 0.2) is 72.9 Å². The van der Waals surface area contributed by atoms with Crippen LogP contribution < -0.4 is 5.32 Å². The molecular weight excluding hydrogens is 995 g/mol. The van der Waals surface area contributed by atoms with Gasteiger partial charge in [-0.3, -0.25) is 4.79 Å². The predicted octanol–water partition coefficient (Wildman–Crippen LogP) is 18.4. The first-order valence-electron chi connectivity index (χ1n) is 34.2. The number of rotatable bonds is 59. The van der Waals surface area contributed by atoms with Gasteiger partial charge in [0.2, 0.25) is 5.91 Å². The third-order valence-corrected chi connectivity index (χ3v) is 16.0. The molecule has 7 unspecified atom stereocenters. The first-order chi connectivity index (χ1) is 39.3. The van der Waals surface area contributed by atoms with E-state index in [4.69, 9.17) is 9.47 Å². The molecule has 80 heavy (non-hydrogen) atoms. The summed E-state index contributed by atoms with van der Waals surface area (Å²) in [6.45, 7) is 3.69. The lowest BCUT2D eigenvalue weighted by atomic mass is 9.99. The largest absolute Gasteiger partial charge is 0.394 e. The van der Waals surface area contributed by atoms with E-state index < -0.39 is 49.5 Å². The van der Waals surface area contributed by atoms with Crippen LogP contribution in [-0.2, 0) is 14.3 Å². The van der Waals surface area contributed by atoms with E-state index in [9.17, 15) is 30.3 Å².